The van der Waals surface area contributed by atoms with E-state index in [1.165, 1.54) is 0 Å². The first-order valence-electron chi connectivity index (χ1n) is 8.74. The van der Waals surface area contributed by atoms with Crippen LogP contribution in [0, 0.1) is 0 Å². The molecule has 6 heteroatoms. The predicted molar refractivity (Wildman–Crippen MR) is 93.5 cm³/mol. The van der Waals surface area contributed by atoms with Crippen molar-refractivity contribution in [2.75, 3.05) is 26.2 Å². The second-order valence-corrected chi connectivity index (χ2v) is 6.99. The number of aromatic hydroxyl groups is 1. The van der Waals surface area contributed by atoms with E-state index in [2.05, 4.69) is 9.80 Å². The maximum atomic E-state index is 12.0. The molecule has 132 valence electrons. The van der Waals surface area contributed by atoms with Gasteiger partial charge in [-0.05, 0) is 50.4 Å². The monoisotopic (exact) mass is 352 g/mol. The van der Waals surface area contributed by atoms with Crippen LogP contribution in [0.4, 0.5) is 0 Å². The molecule has 3 rings (SSSR count). The second-order valence-electron chi connectivity index (χ2n) is 6.58. The quantitative estimate of drug-likeness (QED) is 0.885. The molecule has 1 aromatic carbocycles. The molecule has 0 aromatic heterocycles. The Hall–Kier alpha value is -1.46. The lowest BCUT2D eigenvalue weighted by Crippen LogP contribution is -2.48. The fourth-order valence-electron chi connectivity index (χ4n) is 3.73. The molecule has 1 aromatic rings. The van der Waals surface area contributed by atoms with Crippen LogP contribution in [-0.2, 0) is 11.3 Å². The van der Waals surface area contributed by atoms with E-state index in [1.54, 1.807) is 6.07 Å². The molecule has 0 spiro atoms. The van der Waals surface area contributed by atoms with Gasteiger partial charge in [-0.1, -0.05) is 11.6 Å². The van der Waals surface area contributed by atoms with Crippen molar-refractivity contribution < 1.29 is 14.6 Å². The highest BCUT2D eigenvalue weighted by Gasteiger charge is 2.31. The molecule has 0 aliphatic carbocycles. The van der Waals surface area contributed by atoms with Gasteiger partial charge in [-0.2, -0.15) is 0 Å². The first-order valence-corrected chi connectivity index (χ1v) is 9.12. The molecule has 1 N–H and O–H groups in total. The summed E-state index contributed by atoms with van der Waals surface area (Å²) in [4.78, 5) is 16.4. The van der Waals surface area contributed by atoms with Crippen molar-refractivity contribution in [2.24, 2.45) is 0 Å². The van der Waals surface area contributed by atoms with Crippen LogP contribution in [0.15, 0.2) is 12.1 Å². The van der Waals surface area contributed by atoms with Crippen LogP contribution in [0.3, 0.4) is 0 Å². The second kappa shape index (κ2) is 7.62. The van der Waals surface area contributed by atoms with Gasteiger partial charge in [0.05, 0.1) is 11.6 Å². The zero-order valence-electron chi connectivity index (χ0n) is 14.1. The molecular weight excluding hydrogens is 328 g/mol. The Morgan fingerprint density at radius 1 is 1.33 bits per heavy atom. The Labute approximate surface area is 148 Å². The molecule has 0 saturated carbocycles. The topological polar surface area (TPSA) is 53.0 Å². The van der Waals surface area contributed by atoms with E-state index in [9.17, 15) is 9.90 Å². The molecule has 1 amide bonds. The number of benzene rings is 1. The number of carbonyl (C=O) groups is 1. The van der Waals surface area contributed by atoms with Gasteiger partial charge in [-0.25, -0.2) is 0 Å². The third-order valence-corrected chi connectivity index (χ3v) is 5.11. The number of likely N-dealkylation sites (tertiary alicyclic amines) is 2. The maximum absolute atomic E-state index is 12.0. The van der Waals surface area contributed by atoms with Crippen LogP contribution in [0.5, 0.6) is 11.5 Å². The van der Waals surface area contributed by atoms with E-state index in [0.29, 0.717) is 35.7 Å². The Bertz CT molecular complexity index is 608. The van der Waals surface area contributed by atoms with Crippen molar-refractivity contribution in [3.8, 4) is 11.5 Å². The van der Waals surface area contributed by atoms with E-state index in [4.69, 9.17) is 16.3 Å². The highest BCUT2D eigenvalue weighted by Crippen LogP contribution is 2.36. The average Bonchev–Trinajstić information content (AvgIpc) is 2.99. The van der Waals surface area contributed by atoms with Crippen molar-refractivity contribution in [1.29, 1.82) is 0 Å². The minimum atomic E-state index is 0.00134. The highest BCUT2D eigenvalue weighted by molar-refractivity contribution is 6.32. The summed E-state index contributed by atoms with van der Waals surface area (Å²) in [5, 5.41) is 10.3. The van der Waals surface area contributed by atoms with Gasteiger partial charge in [0, 0.05) is 32.1 Å². The zero-order valence-corrected chi connectivity index (χ0v) is 14.9. The van der Waals surface area contributed by atoms with Gasteiger partial charge in [0.1, 0.15) is 0 Å². The molecule has 1 atom stereocenters. The van der Waals surface area contributed by atoms with Crippen LogP contribution >= 0.6 is 11.6 Å². The third kappa shape index (κ3) is 3.78. The first kappa shape index (κ1) is 17.4. The number of hydrogen-bond acceptors (Lipinski definition) is 4. The number of hydrogen-bond donors (Lipinski definition) is 1. The van der Waals surface area contributed by atoms with Crippen LogP contribution in [0.25, 0.3) is 0 Å². The number of amides is 1. The smallest absolute Gasteiger partial charge is 0.222 e. The molecule has 0 radical (unpaired) electrons. The average molecular weight is 353 g/mol. The molecule has 2 saturated heterocycles. The van der Waals surface area contributed by atoms with Crippen molar-refractivity contribution in [3.63, 3.8) is 0 Å². The Kier molecular flexibility index (Phi) is 5.51. The number of rotatable bonds is 5. The predicted octanol–water partition coefficient (Wildman–Crippen LogP) is 3.03. The SMILES string of the molecule is CCOc1cc(CN2CCC[C@H](N3CCCC3=O)C2)cc(Cl)c1O. The maximum Gasteiger partial charge on any atom is 0.222 e. The van der Waals surface area contributed by atoms with Gasteiger partial charge >= 0.3 is 0 Å². The van der Waals surface area contributed by atoms with E-state index in [0.717, 1.165) is 51.0 Å². The van der Waals surface area contributed by atoms with Crippen molar-refractivity contribution in [3.05, 3.63) is 22.7 Å². The minimum Gasteiger partial charge on any atom is -0.503 e. The lowest BCUT2D eigenvalue weighted by atomic mass is 10.0. The molecule has 2 aliphatic rings. The molecule has 2 heterocycles. The van der Waals surface area contributed by atoms with E-state index < -0.39 is 0 Å². The molecule has 5 nitrogen and oxygen atoms in total. The standard InChI is InChI=1S/C18H25ClN2O3/c1-2-24-16-10-13(9-15(19)18(16)23)11-20-7-3-5-14(12-20)21-8-4-6-17(21)22/h9-10,14,23H,2-8,11-12H2,1H3/t14-/m0/s1. The van der Waals surface area contributed by atoms with Gasteiger partial charge in [0.25, 0.3) is 0 Å². The van der Waals surface area contributed by atoms with E-state index >= 15 is 0 Å². The number of carbonyl (C=O) groups excluding carboxylic acids is 1. The summed E-state index contributed by atoms with van der Waals surface area (Å²) in [5.74, 6) is 0.734. The summed E-state index contributed by atoms with van der Waals surface area (Å²) in [5.41, 5.74) is 1.02. The first-order chi connectivity index (χ1) is 11.6. The van der Waals surface area contributed by atoms with Gasteiger partial charge in [0.15, 0.2) is 11.5 Å². The summed E-state index contributed by atoms with van der Waals surface area (Å²) in [7, 11) is 0. The van der Waals surface area contributed by atoms with Crippen LogP contribution in [-0.4, -0.2) is 53.1 Å². The van der Waals surface area contributed by atoms with E-state index in [1.807, 2.05) is 13.0 Å². The van der Waals surface area contributed by atoms with E-state index in [-0.39, 0.29) is 5.75 Å². The summed E-state index contributed by atoms with van der Waals surface area (Å²) in [6, 6.07) is 3.98. The highest BCUT2D eigenvalue weighted by atomic mass is 35.5. The number of piperidine rings is 1. The van der Waals surface area contributed by atoms with Crippen LogP contribution in [0.2, 0.25) is 5.02 Å². The summed E-state index contributed by atoms with van der Waals surface area (Å²) < 4.78 is 5.46. The Morgan fingerprint density at radius 2 is 2.17 bits per heavy atom. The molecule has 0 bridgehead atoms. The van der Waals surface area contributed by atoms with Crippen molar-refractivity contribution in [2.45, 2.75) is 45.2 Å². The fraction of sp³-hybridized carbons (Fsp3) is 0.611. The zero-order chi connectivity index (χ0) is 17.1. The van der Waals surface area contributed by atoms with Crippen LogP contribution in [0.1, 0.15) is 38.2 Å². The number of phenols is 1. The number of halogens is 1. The van der Waals surface area contributed by atoms with Gasteiger partial charge < -0.3 is 14.7 Å². The molecular formula is C18H25ClN2O3. The molecule has 24 heavy (non-hydrogen) atoms. The summed E-state index contributed by atoms with van der Waals surface area (Å²) >= 11 is 6.12. The molecule has 0 unspecified atom stereocenters. The molecule has 2 fully saturated rings. The Balaban J connectivity index is 1.68. The molecule has 2 aliphatic heterocycles. The summed E-state index contributed by atoms with van der Waals surface area (Å²) in [6.07, 6.45) is 3.86. The van der Waals surface area contributed by atoms with Crippen molar-refractivity contribution in [1.82, 2.24) is 9.80 Å². The number of ether oxygens (including phenoxy) is 1. The lowest BCUT2D eigenvalue weighted by molar-refractivity contribution is -0.130. The Morgan fingerprint density at radius 3 is 2.88 bits per heavy atom. The lowest BCUT2D eigenvalue weighted by Gasteiger charge is -2.37. The number of phenolic OH excluding ortho intramolecular Hbond substituents is 1. The minimum absolute atomic E-state index is 0.00134. The van der Waals surface area contributed by atoms with Gasteiger partial charge in [-0.15, -0.1) is 0 Å². The normalized spacial score (nSPS) is 22.2. The summed E-state index contributed by atoms with van der Waals surface area (Å²) in [6.45, 7) is 5.92. The van der Waals surface area contributed by atoms with Crippen molar-refractivity contribution >= 4 is 17.5 Å². The number of nitrogens with zero attached hydrogens (tertiary/aromatic N) is 2. The van der Waals surface area contributed by atoms with Gasteiger partial charge in [-0.3, -0.25) is 9.69 Å². The largest absolute Gasteiger partial charge is 0.503 e. The van der Waals surface area contributed by atoms with Crippen LogP contribution < -0.4 is 4.74 Å². The van der Waals surface area contributed by atoms with Gasteiger partial charge in [0.2, 0.25) is 5.91 Å². The third-order valence-electron chi connectivity index (χ3n) is 4.83. The fourth-order valence-corrected chi connectivity index (χ4v) is 3.96.